The molecule has 0 atom stereocenters. The smallest absolute Gasteiger partial charge is 0.195 e. The summed E-state index contributed by atoms with van der Waals surface area (Å²) in [6, 6.07) is 4.23. The van der Waals surface area contributed by atoms with Gasteiger partial charge < -0.3 is 14.8 Å². The highest BCUT2D eigenvalue weighted by Gasteiger charge is 2.53. The summed E-state index contributed by atoms with van der Waals surface area (Å²) in [4.78, 5) is 8.53. The van der Waals surface area contributed by atoms with Crippen molar-refractivity contribution < 1.29 is 0 Å². The number of hydrogen-bond donors (Lipinski definition) is 1. The number of aromatic nitrogens is 3. The molecule has 0 amide bonds. The standard InChI is InChI=1S/C18H28N6S/c1-13-21-22-15(23(13)6)11-20-16(19-10-14-8-7-9-25-14)24-12-17(2,3)18(24,4)5/h7-9H,10-12H2,1-6H3,(H,19,20). The Kier molecular flexibility index (Phi) is 4.62. The Balaban J connectivity index is 1.79. The van der Waals surface area contributed by atoms with Gasteiger partial charge >= 0.3 is 0 Å². The number of likely N-dealkylation sites (tertiary alicyclic amines) is 1. The van der Waals surface area contributed by atoms with Gasteiger partial charge in [-0.2, -0.15) is 0 Å². The van der Waals surface area contributed by atoms with E-state index in [1.54, 1.807) is 11.3 Å². The summed E-state index contributed by atoms with van der Waals surface area (Å²) < 4.78 is 1.99. The topological polar surface area (TPSA) is 58.3 Å². The summed E-state index contributed by atoms with van der Waals surface area (Å²) in [6.07, 6.45) is 0. The van der Waals surface area contributed by atoms with Crippen LogP contribution in [0.5, 0.6) is 0 Å². The predicted octanol–water partition coefficient (Wildman–Crippen LogP) is 2.95. The lowest BCUT2D eigenvalue weighted by Crippen LogP contribution is -2.72. The van der Waals surface area contributed by atoms with Crippen molar-refractivity contribution in [3.05, 3.63) is 34.0 Å². The first kappa shape index (κ1) is 17.9. The Morgan fingerprint density at radius 1 is 1.32 bits per heavy atom. The Morgan fingerprint density at radius 2 is 2.08 bits per heavy atom. The molecule has 0 saturated carbocycles. The van der Waals surface area contributed by atoms with Crippen LogP contribution in [0.1, 0.15) is 44.2 Å². The Hall–Kier alpha value is -1.89. The number of nitrogens with one attached hydrogen (secondary N) is 1. The number of aliphatic imine (C=N–C) groups is 1. The van der Waals surface area contributed by atoms with Crippen LogP contribution < -0.4 is 5.32 Å². The minimum Gasteiger partial charge on any atom is -0.351 e. The summed E-state index contributed by atoms with van der Waals surface area (Å²) in [5, 5.41) is 14.0. The minimum absolute atomic E-state index is 0.0596. The molecule has 1 aliphatic rings. The van der Waals surface area contributed by atoms with E-state index in [4.69, 9.17) is 4.99 Å². The Bertz CT molecular complexity index is 757. The molecule has 0 radical (unpaired) electrons. The maximum absolute atomic E-state index is 4.86. The van der Waals surface area contributed by atoms with Crippen LogP contribution in [0, 0.1) is 12.3 Å². The minimum atomic E-state index is 0.0596. The fourth-order valence-corrected chi connectivity index (χ4v) is 3.60. The third-order valence-corrected chi connectivity index (χ3v) is 6.57. The SMILES string of the molecule is Cc1nnc(CN=C(NCc2cccs2)N2CC(C)(C)C2(C)C)n1C. The van der Waals surface area contributed by atoms with Crippen LogP contribution >= 0.6 is 11.3 Å². The van der Waals surface area contributed by atoms with Crippen molar-refractivity contribution in [1.29, 1.82) is 0 Å². The van der Waals surface area contributed by atoms with E-state index < -0.39 is 0 Å². The van der Waals surface area contributed by atoms with Gasteiger partial charge in [0.1, 0.15) is 12.4 Å². The molecule has 3 rings (SSSR count). The van der Waals surface area contributed by atoms with Gasteiger partial charge in [0.25, 0.3) is 0 Å². The lowest BCUT2D eigenvalue weighted by atomic mass is 9.65. The largest absolute Gasteiger partial charge is 0.351 e. The van der Waals surface area contributed by atoms with Crippen LogP contribution in [-0.2, 0) is 20.1 Å². The van der Waals surface area contributed by atoms with Gasteiger partial charge in [0.2, 0.25) is 0 Å². The quantitative estimate of drug-likeness (QED) is 0.673. The maximum Gasteiger partial charge on any atom is 0.195 e. The zero-order valence-electron chi connectivity index (χ0n) is 16.0. The molecule has 0 bridgehead atoms. The summed E-state index contributed by atoms with van der Waals surface area (Å²) in [5.41, 5.74) is 0.323. The summed E-state index contributed by atoms with van der Waals surface area (Å²) >= 11 is 1.76. The van der Waals surface area contributed by atoms with Gasteiger partial charge in [-0.15, -0.1) is 21.5 Å². The lowest BCUT2D eigenvalue weighted by molar-refractivity contribution is -0.0669. The molecule has 0 spiro atoms. The van der Waals surface area contributed by atoms with Crippen LogP contribution in [0.15, 0.2) is 22.5 Å². The number of guanidine groups is 1. The van der Waals surface area contributed by atoms with E-state index in [-0.39, 0.29) is 11.0 Å². The van der Waals surface area contributed by atoms with Gasteiger partial charge in [0, 0.05) is 29.4 Å². The molecule has 1 fully saturated rings. The molecule has 25 heavy (non-hydrogen) atoms. The maximum atomic E-state index is 4.86. The molecule has 1 saturated heterocycles. The van der Waals surface area contributed by atoms with Crippen molar-refractivity contribution in [1.82, 2.24) is 25.0 Å². The van der Waals surface area contributed by atoms with Crippen molar-refractivity contribution in [2.75, 3.05) is 6.54 Å². The van der Waals surface area contributed by atoms with E-state index >= 15 is 0 Å². The second-order valence-electron chi connectivity index (χ2n) is 7.82. The molecule has 0 aromatic carbocycles. The van der Waals surface area contributed by atoms with Gasteiger partial charge in [-0.1, -0.05) is 19.9 Å². The second kappa shape index (κ2) is 6.44. The van der Waals surface area contributed by atoms with E-state index in [1.807, 2.05) is 18.5 Å². The molecular weight excluding hydrogens is 332 g/mol. The first-order chi connectivity index (χ1) is 11.7. The average Bonchev–Trinajstić information content (AvgIpc) is 3.18. The van der Waals surface area contributed by atoms with Crippen LogP contribution in [0.25, 0.3) is 0 Å². The van der Waals surface area contributed by atoms with E-state index in [1.165, 1.54) is 4.88 Å². The normalized spacial score (nSPS) is 19.0. The second-order valence-corrected chi connectivity index (χ2v) is 8.86. The molecule has 3 heterocycles. The number of thiophene rings is 1. The zero-order chi connectivity index (χ0) is 18.2. The van der Waals surface area contributed by atoms with Crippen LogP contribution in [0.2, 0.25) is 0 Å². The van der Waals surface area contributed by atoms with Crippen molar-refractivity contribution in [2.45, 2.75) is 53.2 Å². The number of rotatable bonds is 4. The molecule has 0 aliphatic carbocycles. The first-order valence-corrected chi connectivity index (χ1v) is 9.53. The van der Waals surface area contributed by atoms with Crippen LogP contribution in [0.3, 0.4) is 0 Å². The summed E-state index contributed by atoms with van der Waals surface area (Å²) in [6.45, 7) is 13.5. The fourth-order valence-electron chi connectivity index (χ4n) is 2.95. The highest BCUT2D eigenvalue weighted by Crippen LogP contribution is 2.46. The summed E-state index contributed by atoms with van der Waals surface area (Å²) in [7, 11) is 1.98. The predicted molar refractivity (Wildman–Crippen MR) is 103 cm³/mol. The van der Waals surface area contributed by atoms with E-state index in [9.17, 15) is 0 Å². The Labute approximate surface area is 154 Å². The van der Waals surface area contributed by atoms with Gasteiger partial charge in [-0.3, -0.25) is 0 Å². The molecule has 1 aliphatic heterocycles. The lowest BCUT2D eigenvalue weighted by Gasteiger charge is -2.62. The number of aryl methyl sites for hydroxylation is 1. The van der Waals surface area contributed by atoms with E-state index in [0.717, 1.165) is 30.7 Å². The molecular formula is C18H28N6S. The zero-order valence-corrected chi connectivity index (χ0v) is 16.8. The molecule has 7 heteroatoms. The van der Waals surface area contributed by atoms with Gasteiger partial charge in [-0.05, 0) is 32.2 Å². The first-order valence-electron chi connectivity index (χ1n) is 8.65. The third-order valence-electron chi connectivity index (χ3n) is 5.69. The fraction of sp³-hybridized carbons (Fsp3) is 0.611. The Morgan fingerprint density at radius 3 is 2.60 bits per heavy atom. The highest BCUT2D eigenvalue weighted by molar-refractivity contribution is 7.09. The van der Waals surface area contributed by atoms with Crippen LogP contribution in [-0.4, -0.2) is 37.7 Å². The molecule has 2 aromatic rings. The van der Waals surface area contributed by atoms with Crippen molar-refractivity contribution >= 4 is 17.3 Å². The van der Waals surface area contributed by atoms with Gasteiger partial charge in [-0.25, -0.2) is 4.99 Å². The molecule has 2 aromatic heterocycles. The molecule has 1 N–H and O–H groups in total. The number of hydrogen-bond acceptors (Lipinski definition) is 4. The molecule has 0 unspecified atom stereocenters. The van der Waals surface area contributed by atoms with Crippen molar-refractivity contribution in [2.24, 2.45) is 17.5 Å². The average molecular weight is 361 g/mol. The molecule has 6 nitrogen and oxygen atoms in total. The van der Waals surface area contributed by atoms with Crippen molar-refractivity contribution in [3.63, 3.8) is 0 Å². The highest BCUT2D eigenvalue weighted by atomic mass is 32.1. The van der Waals surface area contributed by atoms with Crippen molar-refractivity contribution in [3.8, 4) is 0 Å². The summed E-state index contributed by atoms with van der Waals surface area (Å²) in [5.74, 6) is 2.73. The molecule has 136 valence electrons. The number of nitrogens with zero attached hydrogens (tertiary/aromatic N) is 5. The monoisotopic (exact) mass is 360 g/mol. The van der Waals surface area contributed by atoms with Gasteiger partial charge in [0.05, 0.1) is 6.54 Å². The van der Waals surface area contributed by atoms with E-state index in [0.29, 0.717) is 6.54 Å². The van der Waals surface area contributed by atoms with E-state index in [2.05, 4.69) is 65.6 Å². The third kappa shape index (κ3) is 3.29. The van der Waals surface area contributed by atoms with Crippen LogP contribution in [0.4, 0.5) is 0 Å². The van der Waals surface area contributed by atoms with Gasteiger partial charge in [0.15, 0.2) is 11.8 Å².